The van der Waals surface area contributed by atoms with Crippen LogP contribution >= 0.6 is 0 Å². The summed E-state index contributed by atoms with van der Waals surface area (Å²) in [6, 6.07) is 0. The van der Waals surface area contributed by atoms with E-state index in [4.69, 9.17) is 4.55 Å². The fourth-order valence-corrected chi connectivity index (χ4v) is 1.72. The summed E-state index contributed by atoms with van der Waals surface area (Å²) >= 11 is 0. The Kier molecular flexibility index (Phi) is 6.31. The zero-order valence-electron chi connectivity index (χ0n) is 8.81. The molecule has 0 aliphatic rings. The highest BCUT2D eigenvalue weighted by atomic mass is 32.2. The second kappa shape index (κ2) is 6.37. The van der Waals surface area contributed by atoms with Crippen LogP contribution in [0.2, 0.25) is 0 Å². The van der Waals surface area contributed by atoms with Crippen LogP contribution in [0.15, 0.2) is 0 Å². The van der Waals surface area contributed by atoms with Crippen molar-refractivity contribution in [3.63, 3.8) is 0 Å². The van der Waals surface area contributed by atoms with Gasteiger partial charge in [-0.3, -0.25) is 4.55 Å². The molecule has 0 aromatic rings. The molecule has 86 valence electrons. The third kappa shape index (κ3) is 6.34. The molecule has 0 aromatic carbocycles. The Bertz CT molecular complexity index is 235. The standard InChI is InChI=1S/C9H20O4S/c1-3-4-5-6-9(10)7-8(2)14(11,12)13/h8-10H,3-7H2,1-2H3,(H,11,12,13). The molecule has 0 radical (unpaired) electrons. The Labute approximate surface area is 86.1 Å². The average molecular weight is 224 g/mol. The molecule has 0 heterocycles. The van der Waals surface area contributed by atoms with Crippen molar-refractivity contribution in [3.8, 4) is 0 Å². The van der Waals surface area contributed by atoms with Gasteiger partial charge < -0.3 is 5.11 Å². The molecule has 0 aliphatic heterocycles. The monoisotopic (exact) mass is 224 g/mol. The molecule has 5 heteroatoms. The maximum absolute atomic E-state index is 10.6. The summed E-state index contributed by atoms with van der Waals surface area (Å²) < 4.78 is 30.0. The predicted molar refractivity (Wildman–Crippen MR) is 55.8 cm³/mol. The molecule has 2 unspecified atom stereocenters. The summed E-state index contributed by atoms with van der Waals surface area (Å²) in [6.07, 6.45) is 3.10. The van der Waals surface area contributed by atoms with Gasteiger partial charge in [-0.05, 0) is 19.8 Å². The van der Waals surface area contributed by atoms with E-state index in [-0.39, 0.29) is 6.42 Å². The smallest absolute Gasteiger partial charge is 0.267 e. The summed E-state index contributed by atoms with van der Waals surface area (Å²) in [5.41, 5.74) is 0. The van der Waals surface area contributed by atoms with E-state index in [2.05, 4.69) is 6.92 Å². The van der Waals surface area contributed by atoms with E-state index in [9.17, 15) is 13.5 Å². The zero-order valence-corrected chi connectivity index (χ0v) is 9.63. The molecule has 0 saturated carbocycles. The highest BCUT2D eigenvalue weighted by Gasteiger charge is 2.20. The molecule has 0 fully saturated rings. The first-order valence-corrected chi connectivity index (χ1v) is 6.52. The molecular formula is C9H20O4S. The molecule has 0 aromatic heterocycles. The summed E-state index contributed by atoms with van der Waals surface area (Å²) in [7, 11) is -3.99. The summed E-state index contributed by atoms with van der Waals surface area (Å²) in [5, 5.41) is 8.56. The van der Waals surface area contributed by atoms with Gasteiger partial charge in [-0.15, -0.1) is 0 Å². The van der Waals surface area contributed by atoms with Gasteiger partial charge in [0.15, 0.2) is 0 Å². The molecule has 0 amide bonds. The Morgan fingerprint density at radius 1 is 1.29 bits per heavy atom. The van der Waals surface area contributed by atoms with Gasteiger partial charge in [0.2, 0.25) is 0 Å². The summed E-state index contributed by atoms with van der Waals surface area (Å²) in [5.74, 6) is 0. The lowest BCUT2D eigenvalue weighted by Crippen LogP contribution is -2.23. The molecule has 0 saturated heterocycles. The van der Waals surface area contributed by atoms with Crippen LogP contribution in [0.5, 0.6) is 0 Å². The van der Waals surface area contributed by atoms with Crippen molar-refractivity contribution in [2.24, 2.45) is 0 Å². The van der Waals surface area contributed by atoms with Gasteiger partial charge in [0.1, 0.15) is 0 Å². The van der Waals surface area contributed by atoms with Crippen LogP contribution in [0.3, 0.4) is 0 Å². The molecule has 14 heavy (non-hydrogen) atoms. The SMILES string of the molecule is CCCCCC(O)CC(C)S(=O)(=O)O. The fourth-order valence-electron chi connectivity index (χ4n) is 1.25. The van der Waals surface area contributed by atoms with Crippen LogP contribution < -0.4 is 0 Å². The van der Waals surface area contributed by atoms with Gasteiger partial charge in [0.05, 0.1) is 11.4 Å². The molecule has 0 rings (SSSR count). The largest absolute Gasteiger partial charge is 0.393 e. The van der Waals surface area contributed by atoms with Crippen molar-refractivity contribution in [1.82, 2.24) is 0 Å². The summed E-state index contributed by atoms with van der Waals surface area (Å²) in [4.78, 5) is 0. The van der Waals surface area contributed by atoms with Crippen LogP contribution in [-0.4, -0.2) is 29.4 Å². The first-order chi connectivity index (χ1) is 6.38. The fraction of sp³-hybridized carbons (Fsp3) is 1.00. The van der Waals surface area contributed by atoms with E-state index in [0.717, 1.165) is 19.3 Å². The Morgan fingerprint density at radius 2 is 1.86 bits per heavy atom. The van der Waals surface area contributed by atoms with E-state index in [1.807, 2.05) is 0 Å². The third-order valence-electron chi connectivity index (χ3n) is 2.25. The molecule has 2 atom stereocenters. The van der Waals surface area contributed by atoms with E-state index in [1.165, 1.54) is 6.92 Å². The van der Waals surface area contributed by atoms with Crippen molar-refractivity contribution in [1.29, 1.82) is 0 Å². The van der Waals surface area contributed by atoms with Gasteiger partial charge >= 0.3 is 0 Å². The third-order valence-corrected chi connectivity index (χ3v) is 3.46. The molecule has 0 aliphatic carbocycles. The van der Waals surface area contributed by atoms with E-state index >= 15 is 0 Å². The minimum absolute atomic E-state index is 0.114. The number of aliphatic hydroxyl groups excluding tert-OH is 1. The van der Waals surface area contributed by atoms with E-state index < -0.39 is 21.5 Å². The average Bonchev–Trinajstić information content (AvgIpc) is 2.03. The van der Waals surface area contributed by atoms with Gasteiger partial charge in [-0.1, -0.05) is 26.2 Å². The van der Waals surface area contributed by atoms with Crippen LogP contribution in [0.25, 0.3) is 0 Å². The van der Waals surface area contributed by atoms with Crippen LogP contribution in [0.1, 0.15) is 46.0 Å². The van der Waals surface area contributed by atoms with Gasteiger partial charge in [-0.2, -0.15) is 8.42 Å². The van der Waals surface area contributed by atoms with Crippen molar-refractivity contribution in [2.75, 3.05) is 0 Å². The highest BCUT2D eigenvalue weighted by Crippen LogP contribution is 2.12. The normalized spacial score (nSPS) is 16.6. The lowest BCUT2D eigenvalue weighted by molar-refractivity contribution is 0.150. The second-order valence-electron chi connectivity index (χ2n) is 3.71. The van der Waals surface area contributed by atoms with Gasteiger partial charge in [0, 0.05) is 0 Å². The molecule has 4 nitrogen and oxygen atoms in total. The first-order valence-electron chi connectivity index (χ1n) is 5.02. The van der Waals surface area contributed by atoms with Crippen LogP contribution in [0.4, 0.5) is 0 Å². The molecule has 0 bridgehead atoms. The molecule has 2 N–H and O–H groups in total. The number of unbranched alkanes of at least 4 members (excludes halogenated alkanes) is 2. The van der Waals surface area contributed by atoms with E-state index in [0.29, 0.717) is 6.42 Å². The highest BCUT2D eigenvalue weighted by molar-refractivity contribution is 7.86. The van der Waals surface area contributed by atoms with E-state index in [1.54, 1.807) is 0 Å². The topological polar surface area (TPSA) is 74.6 Å². The number of hydrogen-bond donors (Lipinski definition) is 2. The predicted octanol–water partition coefficient (Wildman–Crippen LogP) is 1.59. The number of rotatable bonds is 7. The minimum Gasteiger partial charge on any atom is -0.393 e. The van der Waals surface area contributed by atoms with Crippen molar-refractivity contribution >= 4 is 10.1 Å². The number of hydrogen-bond acceptors (Lipinski definition) is 3. The lowest BCUT2D eigenvalue weighted by Gasteiger charge is -2.13. The van der Waals surface area contributed by atoms with Gasteiger partial charge in [0.25, 0.3) is 10.1 Å². The zero-order chi connectivity index (χ0) is 11.2. The van der Waals surface area contributed by atoms with Crippen molar-refractivity contribution < 1.29 is 18.1 Å². The molecular weight excluding hydrogens is 204 g/mol. The maximum atomic E-state index is 10.6. The quantitative estimate of drug-likeness (QED) is 0.508. The lowest BCUT2D eigenvalue weighted by atomic mass is 10.1. The van der Waals surface area contributed by atoms with Crippen LogP contribution in [-0.2, 0) is 10.1 Å². The summed E-state index contributed by atoms with van der Waals surface area (Å²) in [6.45, 7) is 3.46. The van der Waals surface area contributed by atoms with Crippen LogP contribution in [0, 0.1) is 0 Å². The first kappa shape index (κ1) is 13.9. The van der Waals surface area contributed by atoms with Gasteiger partial charge in [-0.25, -0.2) is 0 Å². The second-order valence-corrected chi connectivity index (χ2v) is 5.55. The maximum Gasteiger partial charge on any atom is 0.267 e. The van der Waals surface area contributed by atoms with Crippen molar-refractivity contribution in [3.05, 3.63) is 0 Å². The minimum atomic E-state index is -3.99. The van der Waals surface area contributed by atoms with Crippen molar-refractivity contribution in [2.45, 2.75) is 57.3 Å². The molecule has 0 spiro atoms. The Balaban J connectivity index is 3.77. The Hall–Kier alpha value is -0.130. The Morgan fingerprint density at radius 3 is 2.29 bits per heavy atom. The number of aliphatic hydroxyl groups is 1.